The van der Waals surface area contributed by atoms with Gasteiger partial charge in [0.1, 0.15) is 0 Å². The molecule has 0 radical (unpaired) electrons. The molecule has 1 unspecified atom stereocenters. The predicted octanol–water partition coefficient (Wildman–Crippen LogP) is 2.15. The van der Waals surface area contributed by atoms with E-state index in [2.05, 4.69) is 15.7 Å². The molecular weight excluding hydrogens is 390 g/mol. The number of nitrogens with one attached hydrogen (secondary N) is 2. The summed E-state index contributed by atoms with van der Waals surface area (Å²) in [6, 6.07) is 7.80. The van der Waals surface area contributed by atoms with Crippen molar-refractivity contribution in [2.75, 3.05) is 24.5 Å². The van der Waals surface area contributed by atoms with Gasteiger partial charge in [0.2, 0.25) is 11.8 Å². The van der Waals surface area contributed by atoms with E-state index in [0.717, 1.165) is 36.3 Å². The highest BCUT2D eigenvalue weighted by atomic mass is 35.5. The lowest BCUT2D eigenvalue weighted by Crippen LogP contribution is -2.36. The number of halogens is 1. The maximum atomic E-state index is 13.0. The fraction of sp³-hybridized carbons (Fsp3) is 0.476. The lowest BCUT2D eigenvalue weighted by Gasteiger charge is -2.22. The van der Waals surface area contributed by atoms with Gasteiger partial charge >= 0.3 is 0 Å². The summed E-state index contributed by atoms with van der Waals surface area (Å²) in [5.74, 6) is 0.239. The first-order valence-electron chi connectivity index (χ1n) is 9.93. The van der Waals surface area contributed by atoms with Gasteiger partial charge in [0.25, 0.3) is 0 Å². The van der Waals surface area contributed by atoms with Crippen LogP contribution in [0.5, 0.6) is 0 Å². The van der Waals surface area contributed by atoms with Crippen LogP contribution in [0.15, 0.2) is 36.7 Å². The molecule has 2 aliphatic rings. The molecule has 0 bridgehead atoms. The fourth-order valence-corrected chi connectivity index (χ4v) is 4.22. The van der Waals surface area contributed by atoms with E-state index in [9.17, 15) is 9.59 Å². The zero-order valence-corrected chi connectivity index (χ0v) is 17.6. The summed E-state index contributed by atoms with van der Waals surface area (Å²) < 4.78 is 1.77. The highest BCUT2D eigenvalue weighted by Crippen LogP contribution is 2.29. The van der Waals surface area contributed by atoms with Crippen LogP contribution < -0.4 is 15.5 Å². The van der Waals surface area contributed by atoms with Crippen molar-refractivity contribution in [3.8, 4) is 0 Å². The number of carbonyl (C=O) groups excluding carboxylic acids is 2. The molecule has 0 aliphatic carbocycles. The second-order valence-corrected chi connectivity index (χ2v) is 7.79. The Kier molecular flexibility index (Phi) is 6.59. The highest BCUT2D eigenvalue weighted by molar-refractivity contribution is 5.95. The molecule has 4 rings (SSSR count). The van der Waals surface area contributed by atoms with Crippen LogP contribution in [-0.2, 0) is 16.6 Å². The van der Waals surface area contributed by atoms with E-state index in [1.165, 1.54) is 0 Å². The van der Waals surface area contributed by atoms with Crippen molar-refractivity contribution in [3.05, 3.63) is 47.8 Å². The zero-order valence-electron chi connectivity index (χ0n) is 16.8. The average Bonchev–Trinajstić information content (AvgIpc) is 3.42. The van der Waals surface area contributed by atoms with Gasteiger partial charge in [0.05, 0.1) is 18.2 Å². The molecule has 2 fully saturated rings. The van der Waals surface area contributed by atoms with Gasteiger partial charge in [-0.1, -0.05) is 12.1 Å². The van der Waals surface area contributed by atoms with Gasteiger partial charge in [-0.05, 0) is 36.6 Å². The molecule has 1 aromatic heterocycles. The maximum Gasteiger partial charge on any atom is 0.227 e. The highest BCUT2D eigenvalue weighted by Gasteiger charge is 2.35. The molecule has 2 aromatic rings. The number of carbonyl (C=O) groups is 2. The third-order valence-electron chi connectivity index (χ3n) is 5.82. The van der Waals surface area contributed by atoms with Gasteiger partial charge in [0, 0.05) is 50.9 Å². The number of hydrogen-bond donors (Lipinski definition) is 2. The number of anilines is 1. The van der Waals surface area contributed by atoms with E-state index in [0.29, 0.717) is 13.0 Å². The van der Waals surface area contributed by atoms with Crippen LogP contribution in [0.2, 0.25) is 0 Å². The largest absolute Gasteiger partial charge is 0.349 e. The van der Waals surface area contributed by atoms with Crippen LogP contribution in [0.1, 0.15) is 42.9 Å². The van der Waals surface area contributed by atoms with Crippen molar-refractivity contribution < 1.29 is 9.59 Å². The van der Waals surface area contributed by atoms with Crippen LogP contribution in [-0.4, -0.2) is 41.2 Å². The lowest BCUT2D eigenvalue weighted by molar-refractivity contribution is -0.125. The van der Waals surface area contributed by atoms with Crippen molar-refractivity contribution in [2.24, 2.45) is 13.0 Å². The number of benzene rings is 1. The minimum atomic E-state index is -0.125. The Balaban J connectivity index is 0.00000240. The van der Waals surface area contributed by atoms with Crippen LogP contribution >= 0.6 is 12.4 Å². The van der Waals surface area contributed by atoms with Crippen molar-refractivity contribution in [2.45, 2.75) is 31.7 Å². The van der Waals surface area contributed by atoms with Gasteiger partial charge in [-0.25, -0.2) is 0 Å². The lowest BCUT2D eigenvalue weighted by atomic mass is 9.90. The van der Waals surface area contributed by atoms with Gasteiger partial charge in [0.15, 0.2) is 0 Å². The molecule has 1 aromatic carbocycles. The van der Waals surface area contributed by atoms with E-state index in [-0.39, 0.29) is 42.1 Å². The molecule has 3 atom stereocenters. The number of hydrogen-bond acceptors (Lipinski definition) is 4. The zero-order chi connectivity index (χ0) is 19.7. The molecule has 2 aliphatic heterocycles. The van der Waals surface area contributed by atoms with E-state index in [1.807, 2.05) is 55.5 Å². The summed E-state index contributed by atoms with van der Waals surface area (Å²) in [5, 5.41) is 10.7. The van der Waals surface area contributed by atoms with E-state index in [4.69, 9.17) is 0 Å². The number of aryl methyl sites for hydroxylation is 1. The molecule has 7 nitrogen and oxygen atoms in total. The Labute approximate surface area is 177 Å². The molecule has 8 heteroatoms. The van der Waals surface area contributed by atoms with Crippen LogP contribution in [0.4, 0.5) is 5.69 Å². The first kappa shape index (κ1) is 21.3. The number of rotatable bonds is 5. The normalized spacial score (nSPS) is 22.4. The van der Waals surface area contributed by atoms with Crippen LogP contribution in [0.3, 0.4) is 0 Å². The second kappa shape index (κ2) is 8.97. The maximum absolute atomic E-state index is 13.0. The number of amides is 2. The number of aromatic nitrogens is 2. The van der Waals surface area contributed by atoms with E-state index >= 15 is 0 Å². The van der Waals surface area contributed by atoms with Gasteiger partial charge in [-0.15, -0.1) is 12.4 Å². The molecule has 2 N–H and O–H groups in total. The molecule has 0 spiro atoms. The molecular formula is C21H28ClN5O2. The van der Waals surface area contributed by atoms with Crippen molar-refractivity contribution in [1.82, 2.24) is 20.4 Å². The standard InChI is InChI=1S/C21H27N5O2.ClH/c1-14(15-5-3-6-17(9-15)26-8-4-7-20(26)27)24-21(28)19-12-22-11-18(19)16-10-23-25(2)13-16;/h3,5-6,9-10,13-14,18-19,22H,4,7-8,11-12H2,1-2H3,(H,24,28);1H/t14?,18-,19+;/m1./s1. The Bertz CT molecular complexity index is 883. The van der Waals surface area contributed by atoms with Crippen molar-refractivity contribution >= 4 is 29.9 Å². The van der Waals surface area contributed by atoms with Crippen molar-refractivity contribution in [3.63, 3.8) is 0 Å². The fourth-order valence-electron chi connectivity index (χ4n) is 4.22. The Hall–Kier alpha value is -2.38. The van der Waals surface area contributed by atoms with Crippen LogP contribution in [0, 0.1) is 5.92 Å². The Morgan fingerprint density at radius 2 is 2.17 bits per heavy atom. The van der Waals surface area contributed by atoms with E-state index in [1.54, 1.807) is 4.68 Å². The number of nitrogens with zero attached hydrogens (tertiary/aromatic N) is 3. The average molecular weight is 418 g/mol. The predicted molar refractivity (Wildman–Crippen MR) is 114 cm³/mol. The molecule has 3 heterocycles. The third-order valence-corrected chi connectivity index (χ3v) is 5.82. The van der Waals surface area contributed by atoms with Gasteiger partial charge in [-0.3, -0.25) is 14.3 Å². The minimum absolute atomic E-state index is 0. The SMILES string of the molecule is CC(NC(=O)[C@H]1CNC[C@@H]1c1cnn(C)c1)c1cccc(N2CCCC2=O)c1.Cl. The van der Waals surface area contributed by atoms with Gasteiger partial charge in [-0.2, -0.15) is 5.10 Å². The van der Waals surface area contributed by atoms with Crippen molar-refractivity contribution in [1.29, 1.82) is 0 Å². The topological polar surface area (TPSA) is 79.3 Å². The molecule has 156 valence electrons. The first-order chi connectivity index (χ1) is 13.5. The summed E-state index contributed by atoms with van der Waals surface area (Å²) in [7, 11) is 1.89. The summed E-state index contributed by atoms with van der Waals surface area (Å²) in [6.07, 6.45) is 5.34. The minimum Gasteiger partial charge on any atom is -0.349 e. The summed E-state index contributed by atoms with van der Waals surface area (Å²) >= 11 is 0. The second-order valence-electron chi connectivity index (χ2n) is 7.79. The summed E-state index contributed by atoms with van der Waals surface area (Å²) in [4.78, 5) is 26.8. The smallest absolute Gasteiger partial charge is 0.227 e. The van der Waals surface area contributed by atoms with Gasteiger partial charge < -0.3 is 15.5 Å². The molecule has 2 saturated heterocycles. The monoisotopic (exact) mass is 417 g/mol. The summed E-state index contributed by atoms with van der Waals surface area (Å²) in [5.41, 5.74) is 3.01. The van der Waals surface area contributed by atoms with E-state index < -0.39 is 0 Å². The Morgan fingerprint density at radius 3 is 2.86 bits per heavy atom. The summed E-state index contributed by atoms with van der Waals surface area (Å²) in [6.45, 7) is 4.21. The van der Waals surface area contributed by atoms with Crippen LogP contribution in [0.25, 0.3) is 0 Å². The quantitative estimate of drug-likeness (QED) is 0.781. The molecule has 2 amide bonds. The first-order valence-corrected chi connectivity index (χ1v) is 9.93. The third kappa shape index (κ3) is 4.46. The Morgan fingerprint density at radius 1 is 1.34 bits per heavy atom. The molecule has 29 heavy (non-hydrogen) atoms. The molecule has 0 saturated carbocycles.